The summed E-state index contributed by atoms with van der Waals surface area (Å²) in [6.45, 7) is 2.21. The second-order valence-corrected chi connectivity index (χ2v) is 12.7. The van der Waals surface area contributed by atoms with Crippen LogP contribution in [0, 0.1) is 23.2 Å². The second kappa shape index (κ2) is 7.83. The third-order valence-corrected chi connectivity index (χ3v) is 10.1. The lowest BCUT2D eigenvalue weighted by Gasteiger charge is -2.57. The van der Waals surface area contributed by atoms with Crippen molar-refractivity contribution in [2.24, 2.45) is 23.2 Å². The normalized spacial score (nSPS) is 31.9. The highest BCUT2D eigenvalue weighted by Gasteiger charge is 2.55. The highest BCUT2D eigenvalue weighted by atomic mass is 32.2. The maximum atomic E-state index is 13.5. The van der Waals surface area contributed by atoms with Gasteiger partial charge in [0.1, 0.15) is 0 Å². The Morgan fingerprint density at radius 2 is 1.31 bits per heavy atom. The molecule has 0 spiro atoms. The second-order valence-electron chi connectivity index (χ2n) is 10.6. The molecule has 7 nitrogen and oxygen atoms in total. The molecular weight excluding hydrogens is 426 g/mol. The third-order valence-electron chi connectivity index (χ3n) is 8.23. The fourth-order valence-corrected chi connectivity index (χ4v) is 7.89. The molecule has 2 amide bonds. The van der Waals surface area contributed by atoms with Gasteiger partial charge in [-0.3, -0.25) is 9.59 Å². The average Bonchev–Trinajstić information content (AvgIpc) is 2.77. The number of sulfonamides is 1. The van der Waals surface area contributed by atoms with Gasteiger partial charge in [-0.05, 0) is 80.5 Å². The molecule has 1 heterocycles. The van der Waals surface area contributed by atoms with Gasteiger partial charge in [0.2, 0.25) is 15.9 Å². The van der Waals surface area contributed by atoms with E-state index in [0.717, 1.165) is 41.3 Å². The molecule has 1 aromatic carbocycles. The Bertz CT molecular complexity index is 975. The zero-order valence-corrected chi connectivity index (χ0v) is 19.8. The molecule has 32 heavy (non-hydrogen) atoms. The molecule has 8 heteroatoms. The fraction of sp³-hybridized carbons (Fsp3) is 0.667. The van der Waals surface area contributed by atoms with Crippen molar-refractivity contribution in [2.75, 3.05) is 40.3 Å². The molecule has 0 N–H and O–H groups in total. The number of nitrogens with zero attached hydrogens (tertiary/aromatic N) is 3. The Labute approximate surface area is 190 Å². The molecule has 5 fully saturated rings. The number of rotatable bonds is 4. The van der Waals surface area contributed by atoms with Crippen LogP contribution in [0.2, 0.25) is 0 Å². The van der Waals surface area contributed by atoms with Crippen LogP contribution in [0.5, 0.6) is 0 Å². The number of hydrogen-bond acceptors (Lipinski definition) is 4. The van der Waals surface area contributed by atoms with Gasteiger partial charge in [-0.15, -0.1) is 0 Å². The van der Waals surface area contributed by atoms with Crippen molar-refractivity contribution in [3.05, 3.63) is 29.8 Å². The Kier molecular flexibility index (Phi) is 5.36. The van der Waals surface area contributed by atoms with Crippen LogP contribution in [-0.2, 0) is 14.8 Å². The average molecular weight is 460 g/mol. The van der Waals surface area contributed by atoms with Crippen LogP contribution in [0.1, 0.15) is 48.9 Å². The van der Waals surface area contributed by atoms with Crippen molar-refractivity contribution in [3.63, 3.8) is 0 Å². The first-order chi connectivity index (χ1) is 15.2. The summed E-state index contributed by atoms with van der Waals surface area (Å²) in [5.41, 5.74) is 0.345. The van der Waals surface area contributed by atoms with Crippen molar-refractivity contribution in [1.29, 1.82) is 0 Å². The molecule has 1 aromatic rings. The summed E-state index contributed by atoms with van der Waals surface area (Å²) in [6.07, 6.45) is 7.17. The van der Waals surface area contributed by atoms with Gasteiger partial charge in [-0.25, -0.2) is 12.7 Å². The van der Waals surface area contributed by atoms with E-state index in [1.54, 1.807) is 17.0 Å². The van der Waals surface area contributed by atoms with E-state index in [0.29, 0.717) is 37.6 Å². The molecule has 6 rings (SSSR count). The first kappa shape index (κ1) is 21.9. The first-order valence-electron chi connectivity index (χ1n) is 11.8. The van der Waals surface area contributed by atoms with Crippen LogP contribution >= 0.6 is 0 Å². The molecule has 5 aliphatic rings. The topological polar surface area (TPSA) is 78.0 Å². The largest absolute Gasteiger partial charge is 0.339 e. The predicted octanol–water partition coefficient (Wildman–Crippen LogP) is 2.44. The van der Waals surface area contributed by atoms with Gasteiger partial charge in [0, 0.05) is 45.8 Å². The zero-order valence-electron chi connectivity index (χ0n) is 19.0. The van der Waals surface area contributed by atoms with Gasteiger partial charge < -0.3 is 9.80 Å². The predicted molar refractivity (Wildman–Crippen MR) is 120 cm³/mol. The van der Waals surface area contributed by atoms with Gasteiger partial charge in [-0.2, -0.15) is 0 Å². The number of carbonyl (C=O) groups is 2. The van der Waals surface area contributed by atoms with E-state index < -0.39 is 10.0 Å². The van der Waals surface area contributed by atoms with Crippen molar-refractivity contribution in [2.45, 2.75) is 43.4 Å². The van der Waals surface area contributed by atoms with Gasteiger partial charge in [0.15, 0.2) is 0 Å². The van der Waals surface area contributed by atoms with Crippen molar-refractivity contribution >= 4 is 21.8 Å². The van der Waals surface area contributed by atoms with Crippen LogP contribution in [0.15, 0.2) is 29.2 Å². The Morgan fingerprint density at radius 1 is 0.844 bits per heavy atom. The summed E-state index contributed by atoms with van der Waals surface area (Å²) in [7, 11) is -0.547. The number of carbonyl (C=O) groups excluding carboxylic acids is 2. The first-order valence-corrected chi connectivity index (χ1v) is 13.2. The SMILES string of the molecule is CN(C)S(=O)(=O)c1ccc(C(=O)N2CCN(C(=O)C34CC5CC(CC(C5)C3)C4)CC2)cc1. The molecule has 0 aromatic heterocycles. The lowest BCUT2D eigenvalue weighted by molar-refractivity contribution is -0.159. The van der Waals surface area contributed by atoms with E-state index in [-0.39, 0.29) is 16.2 Å². The van der Waals surface area contributed by atoms with Crippen molar-refractivity contribution in [1.82, 2.24) is 14.1 Å². The van der Waals surface area contributed by atoms with E-state index in [1.165, 1.54) is 45.5 Å². The Morgan fingerprint density at radius 3 is 1.78 bits per heavy atom. The Balaban J connectivity index is 1.21. The van der Waals surface area contributed by atoms with Gasteiger partial charge in [0.25, 0.3) is 5.91 Å². The summed E-state index contributed by atoms with van der Waals surface area (Å²) in [5.74, 6) is 2.45. The number of hydrogen-bond donors (Lipinski definition) is 0. The third kappa shape index (κ3) is 3.65. The number of amides is 2. The van der Waals surface area contributed by atoms with E-state index in [2.05, 4.69) is 0 Å². The molecule has 4 aliphatic carbocycles. The molecular formula is C24H33N3O4S. The molecule has 0 unspecified atom stereocenters. The standard InChI is InChI=1S/C24H33N3O4S/c1-25(2)32(30,31)21-5-3-20(4-6-21)22(28)26-7-9-27(10-8-26)23(29)24-14-17-11-18(15-24)13-19(12-17)16-24/h3-6,17-19H,7-16H2,1-2H3. The number of benzene rings is 1. The number of piperazine rings is 1. The maximum Gasteiger partial charge on any atom is 0.253 e. The smallest absolute Gasteiger partial charge is 0.253 e. The van der Waals surface area contributed by atoms with Gasteiger partial charge in [0.05, 0.1) is 10.3 Å². The molecule has 0 atom stereocenters. The van der Waals surface area contributed by atoms with Crippen LogP contribution in [-0.4, -0.2) is 74.6 Å². The van der Waals surface area contributed by atoms with E-state index in [9.17, 15) is 18.0 Å². The summed E-state index contributed by atoms with van der Waals surface area (Å²) >= 11 is 0. The van der Waals surface area contributed by atoms with Crippen LogP contribution in [0.4, 0.5) is 0 Å². The lowest BCUT2D eigenvalue weighted by Crippen LogP contribution is -2.58. The highest BCUT2D eigenvalue weighted by molar-refractivity contribution is 7.89. The molecule has 0 radical (unpaired) electrons. The van der Waals surface area contributed by atoms with Crippen molar-refractivity contribution in [3.8, 4) is 0 Å². The van der Waals surface area contributed by atoms with E-state index >= 15 is 0 Å². The summed E-state index contributed by atoms with van der Waals surface area (Å²) < 4.78 is 25.6. The zero-order chi connectivity index (χ0) is 22.7. The molecule has 4 saturated carbocycles. The monoisotopic (exact) mass is 459 g/mol. The molecule has 1 aliphatic heterocycles. The minimum absolute atomic E-state index is 0.110. The van der Waals surface area contributed by atoms with Crippen LogP contribution in [0.3, 0.4) is 0 Å². The quantitative estimate of drug-likeness (QED) is 0.693. The molecule has 174 valence electrons. The van der Waals surface area contributed by atoms with Crippen molar-refractivity contribution < 1.29 is 18.0 Å². The molecule has 4 bridgehead atoms. The summed E-state index contributed by atoms with van der Waals surface area (Å²) in [6, 6.07) is 6.11. The highest BCUT2D eigenvalue weighted by Crippen LogP contribution is 2.60. The lowest BCUT2D eigenvalue weighted by atomic mass is 9.49. The fourth-order valence-electron chi connectivity index (χ4n) is 6.98. The minimum atomic E-state index is -3.52. The van der Waals surface area contributed by atoms with Crippen LogP contribution in [0.25, 0.3) is 0 Å². The van der Waals surface area contributed by atoms with Crippen LogP contribution < -0.4 is 0 Å². The molecule has 1 saturated heterocycles. The van der Waals surface area contributed by atoms with Gasteiger partial charge in [-0.1, -0.05) is 0 Å². The van der Waals surface area contributed by atoms with E-state index in [1.807, 2.05) is 4.90 Å². The van der Waals surface area contributed by atoms with Gasteiger partial charge >= 0.3 is 0 Å². The summed E-state index contributed by atoms with van der Waals surface area (Å²) in [4.78, 5) is 30.5. The maximum absolute atomic E-state index is 13.5. The summed E-state index contributed by atoms with van der Waals surface area (Å²) in [5, 5.41) is 0. The minimum Gasteiger partial charge on any atom is -0.339 e. The van der Waals surface area contributed by atoms with E-state index in [4.69, 9.17) is 0 Å². The Hall–Kier alpha value is -1.93.